The minimum Gasteiger partial charge on any atom is -0.465 e. The number of nitriles is 1. The van der Waals surface area contributed by atoms with Crippen molar-refractivity contribution in [3.63, 3.8) is 0 Å². The number of esters is 1. The van der Waals surface area contributed by atoms with Gasteiger partial charge in [-0.3, -0.25) is 9.17 Å². The fourth-order valence-electron chi connectivity index (χ4n) is 1.52. The third-order valence-electron chi connectivity index (χ3n) is 2.39. The third-order valence-corrected chi connectivity index (χ3v) is 3.40. The lowest BCUT2D eigenvalue weighted by molar-refractivity contribution is 0.0601. The molecule has 0 atom stereocenters. The Hall–Kier alpha value is -2.30. The van der Waals surface area contributed by atoms with E-state index in [1.807, 2.05) is 0 Å². The largest absolute Gasteiger partial charge is 0.465 e. The summed E-state index contributed by atoms with van der Waals surface area (Å²) in [6.45, 7) is 0. The zero-order chi connectivity index (χ0) is 14.7. The van der Waals surface area contributed by atoms with Gasteiger partial charge in [-0.2, -0.15) is 5.26 Å². The first-order valence-corrected chi connectivity index (χ1v) is 6.52. The maximum Gasteiger partial charge on any atom is 0.337 e. The van der Waals surface area contributed by atoms with Crippen LogP contribution in [0.25, 0.3) is 0 Å². The summed E-state index contributed by atoms with van der Waals surface area (Å²) in [6.07, 6.45) is 0. The molecule has 20 heavy (non-hydrogen) atoms. The predicted molar refractivity (Wildman–Crippen MR) is 75.7 cm³/mol. The van der Waals surface area contributed by atoms with E-state index < -0.39 is 11.5 Å². The average Bonchev–Trinajstić information content (AvgIpc) is 2.77. The fourth-order valence-corrected chi connectivity index (χ4v) is 2.46. The molecule has 1 aromatic heterocycles. The first-order chi connectivity index (χ1) is 9.55. The van der Waals surface area contributed by atoms with Crippen molar-refractivity contribution in [2.45, 2.75) is 0 Å². The highest BCUT2D eigenvalue weighted by Crippen LogP contribution is 2.25. The Balaban J connectivity index is 2.39. The lowest BCUT2D eigenvalue weighted by Crippen LogP contribution is -2.04. The second-order valence-corrected chi connectivity index (χ2v) is 4.95. The second kappa shape index (κ2) is 5.77. The summed E-state index contributed by atoms with van der Waals surface area (Å²) in [4.78, 5) is 22.8. The van der Waals surface area contributed by atoms with Crippen molar-refractivity contribution in [3.8, 4) is 6.07 Å². The van der Waals surface area contributed by atoms with Crippen LogP contribution < -0.4 is 10.9 Å². The van der Waals surface area contributed by atoms with Gasteiger partial charge in [0.1, 0.15) is 11.1 Å². The van der Waals surface area contributed by atoms with Crippen LogP contribution in [0.5, 0.6) is 0 Å². The zero-order valence-electron chi connectivity index (χ0n) is 10.2. The van der Waals surface area contributed by atoms with Crippen molar-refractivity contribution in [1.82, 2.24) is 4.37 Å². The number of anilines is 2. The maximum atomic E-state index is 11.5. The minimum absolute atomic E-state index is 0.0189. The number of hydrogen-bond donors (Lipinski definition) is 2. The van der Waals surface area contributed by atoms with E-state index in [2.05, 4.69) is 14.4 Å². The summed E-state index contributed by atoms with van der Waals surface area (Å²) in [6, 6.07) is 6.35. The van der Waals surface area contributed by atoms with Crippen LogP contribution in [0, 0.1) is 11.3 Å². The summed E-state index contributed by atoms with van der Waals surface area (Å²) in [5, 5.41) is 12.5. The predicted octanol–water partition coefficient (Wildman–Crippen LogP) is 2.49. The van der Waals surface area contributed by atoms with Crippen molar-refractivity contribution < 1.29 is 9.53 Å². The van der Waals surface area contributed by atoms with Crippen LogP contribution in [0.4, 0.5) is 10.7 Å². The quantitative estimate of drug-likeness (QED) is 0.849. The van der Waals surface area contributed by atoms with Crippen LogP contribution in [0.1, 0.15) is 15.9 Å². The molecule has 0 bridgehead atoms. The van der Waals surface area contributed by atoms with Crippen molar-refractivity contribution in [3.05, 3.63) is 44.7 Å². The van der Waals surface area contributed by atoms with Crippen LogP contribution in [0.15, 0.2) is 23.0 Å². The number of H-pyrrole nitrogens is 1. The number of carbonyl (C=O) groups excluding carboxylic acids is 1. The number of methoxy groups -OCH3 is 1. The molecule has 0 saturated heterocycles. The Morgan fingerprint density at radius 2 is 2.25 bits per heavy atom. The van der Waals surface area contributed by atoms with Crippen molar-refractivity contribution in [1.29, 1.82) is 5.26 Å². The lowest BCUT2D eigenvalue weighted by Gasteiger charge is -2.07. The smallest absolute Gasteiger partial charge is 0.337 e. The molecule has 0 fully saturated rings. The summed E-state index contributed by atoms with van der Waals surface area (Å²) in [5.74, 6) is -0.529. The number of aromatic amines is 1. The molecule has 2 N–H and O–H groups in total. The van der Waals surface area contributed by atoms with E-state index in [1.165, 1.54) is 19.2 Å². The second-order valence-electron chi connectivity index (χ2n) is 3.69. The van der Waals surface area contributed by atoms with Crippen LogP contribution in [-0.4, -0.2) is 17.5 Å². The van der Waals surface area contributed by atoms with Crippen LogP contribution >= 0.6 is 23.1 Å². The summed E-state index contributed by atoms with van der Waals surface area (Å²) < 4.78 is 7.06. The standard InChI is InChI=1S/C12H8ClN3O3S/c1-19-12(18)6-2-7(13)4-8(3-6)15-11-9(5-14)10(17)16-20-11/h2-4,15H,1H3,(H,16,17). The molecule has 0 aliphatic heterocycles. The Morgan fingerprint density at radius 3 is 2.90 bits per heavy atom. The number of ether oxygens (including phenoxy) is 1. The molecule has 0 aliphatic rings. The normalized spacial score (nSPS) is 9.85. The van der Waals surface area contributed by atoms with Gasteiger partial charge in [-0.1, -0.05) is 11.6 Å². The van der Waals surface area contributed by atoms with Crippen molar-refractivity contribution in [2.24, 2.45) is 0 Å². The molecule has 8 heteroatoms. The molecule has 0 amide bonds. The molecule has 0 aliphatic carbocycles. The van der Waals surface area contributed by atoms with Gasteiger partial charge in [-0.25, -0.2) is 4.79 Å². The van der Waals surface area contributed by atoms with Gasteiger partial charge in [0.25, 0.3) is 5.56 Å². The number of nitrogens with one attached hydrogen (secondary N) is 2. The van der Waals surface area contributed by atoms with Crippen LogP contribution in [-0.2, 0) is 4.74 Å². The van der Waals surface area contributed by atoms with Gasteiger partial charge in [-0.05, 0) is 29.7 Å². The van der Waals surface area contributed by atoms with Crippen molar-refractivity contribution >= 4 is 39.8 Å². The molecule has 0 unspecified atom stereocenters. The topological polar surface area (TPSA) is 95.0 Å². The molecule has 0 saturated carbocycles. The number of benzene rings is 1. The van der Waals surface area contributed by atoms with Crippen LogP contribution in [0.3, 0.4) is 0 Å². The van der Waals surface area contributed by atoms with E-state index in [0.29, 0.717) is 15.7 Å². The summed E-state index contributed by atoms with van der Waals surface area (Å²) in [7, 11) is 1.27. The van der Waals surface area contributed by atoms with E-state index >= 15 is 0 Å². The highest BCUT2D eigenvalue weighted by molar-refractivity contribution is 7.10. The molecule has 102 valence electrons. The summed E-state index contributed by atoms with van der Waals surface area (Å²) >= 11 is 6.91. The van der Waals surface area contributed by atoms with Gasteiger partial charge in [0.2, 0.25) is 0 Å². The molecule has 2 aromatic rings. The first kappa shape index (κ1) is 14.1. The highest BCUT2D eigenvalue weighted by atomic mass is 35.5. The third kappa shape index (κ3) is 2.82. The molecule has 1 aromatic carbocycles. The van der Waals surface area contributed by atoms with E-state index in [-0.39, 0.29) is 11.1 Å². The Labute approximate surface area is 122 Å². The van der Waals surface area contributed by atoms with Gasteiger partial charge in [0, 0.05) is 10.7 Å². The van der Waals surface area contributed by atoms with Gasteiger partial charge in [0.05, 0.1) is 12.7 Å². The summed E-state index contributed by atoms with van der Waals surface area (Å²) in [5.41, 5.74) is 0.262. The van der Waals surface area contributed by atoms with E-state index in [9.17, 15) is 9.59 Å². The molecule has 0 radical (unpaired) electrons. The number of halogens is 1. The Morgan fingerprint density at radius 1 is 1.50 bits per heavy atom. The molecule has 6 nitrogen and oxygen atoms in total. The molecule has 1 heterocycles. The van der Waals surface area contributed by atoms with Gasteiger partial charge < -0.3 is 10.1 Å². The molecule has 2 rings (SSSR count). The average molecular weight is 310 g/mol. The van der Waals surface area contributed by atoms with E-state index in [0.717, 1.165) is 11.5 Å². The highest BCUT2D eigenvalue weighted by Gasteiger charge is 2.12. The Bertz CT molecular complexity index is 760. The monoisotopic (exact) mass is 309 g/mol. The number of hydrogen-bond acceptors (Lipinski definition) is 6. The van der Waals surface area contributed by atoms with Crippen molar-refractivity contribution in [2.75, 3.05) is 12.4 Å². The SMILES string of the molecule is COC(=O)c1cc(Cl)cc(Nc2s[nH]c(=O)c2C#N)c1. The van der Waals surface area contributed by atoms with E-state index in [4.69, 9.17) is 16.9 Å². The number of nitrogens with zero attached hydrogens (tertiary/aromatic N) is 1. The fraction of sp³-hybridized carbons (Fsp3) is 0.0833. The van der Waals surface area contributed by atoms with Gasteiger partial charge in [0.15, 0.2) is 5.56 Å². The maximum absolute atomic E-state index is 11.5. The number of aromatic nitrogens is 1. The Kier molecular flexibility index (Phi) is 4.08. The minimum atomic E-state index is -0.529. The zero-order valence-corrected chi connectivity index (χ0v) is 11.8. The van der Waals surface area contributed by atoms with Gasteiger partial charge >= 0.3 is 5.97 Å². The number of rotatable bonds is 3. The van der Waals surface area contributed by atoms with E-state index in [1.54, 1.807) is 12.1 Å². The first-order valence-electron chi connectivity index (χ1n) is 5.32. The van der Waals surface area contributed by atoms with Crippen LogP contribution in [0.2, 0.25) is 5.02 Å². The van der Waals surface area contributed by atoms with Gasteiger partial charge in [-0.15, -0.1) is 0 Å². The molecular weight excluding hydrogens is 302 g/mol. The lowest BCUT2D eigenvalue weighted by atomic mass is 10.2. The molecular formula is C12H8ClN3O3S. The molecule has 0 spiro atoms. The number of carbonyl (C=O) groups is 1.